The Bertz CT molecular complexity index is 266. The van der Waals surface area contributed by atoms with Crippen molar-refractivity contribution < 1.29 is 9.53 Å². The molecule has 1 heterocycles. The Morgan fingerprint density at radius 3 is 2.79 bits per heavy atom. The number of rotatable bonds is 4. The van der Waals surface area contributed by atoms with Gasteiger partial charge in [-0.25, -0.2) is 4.79 Å². The van der Waals surface area contributed by atoms with Gasteiger partial charge in [0.15, 0.2) is 0 Å². The topological polar surface area (TPSA) is 41.6 Å². The average molecular weight is 270 g/mol. The van der Waals surface area contributed by atoms with Gasteiger partial charge < -0.3 is 15.0 Å². The maximum atomic E-state index is 11.8. The third-order valence-electron chi connectivity index (χ3n) is 3.46. The Kier molecular flexibility index (Phi) is 6.63. The molecule has 1 amide bonds. The number of amides is 1. The molecule has 19 heavy (non-hydrogen) atoms. The molecule has 1 atom stereocenters. The molecule has 112 valence electrons. The van der Waals surface area contributed by atoms with Gasteiger partial charge in [-0.15, -0.1) is 0 Å². The van der Waals surface area contributed by atoms with E-state index in [1.54, 1.807) is 4.90 Å². The predicted molar refractivity (Wildman–Crippen MR) is 78.3 cm³/mol. The molecule has 0 radical (unpaired) electrons. The van der Waals surface area contributed by atoms with Crippen molar-refractivity contribution >= 4 is 6.09 Å². The van der Waals surface area contributed by atoms with Crippen LogP contribution in [-0.4, -0.2) is 43.3 Å². The number of carbonyl (C=O) groups is 1. The normalized spacial score (nSPS) is 20.7. The number of carbonyl (C=O) groups excluding carboxylic acids is 1. The largest absolute Gasteiger partial charge is 0.444 e. The summed E-state index contributed by atoms with van der Waals surface area (Å²) in [6, 6.07) is 0. The highest BCUT2D eigenvalue weighted by Gasteiger charge is 2.19. The first-order chi connectivity index (χ1) is 8.88. The van der Waals surface area contributed by atoms with E-state index in [1.165, 1.54) is 25.7 Å². The minimum atomic E-state index is -0.406. The minimum Gasteiger partial charge on any atom is -0.444 e. The first-order valence-electron chi connectivity index (χ1n) is 7.53. The molecule has 0 spiro atoms. The molecule has 0 aliphatic carbocycles. The summed E-state index contributed by atoms with van der Waals surface area (Å²) in [5, 5.41) is 3.48. The molecule has 0 aromatic rings. The van der Waals surface area contributed by atoms with E-state index in [2.05, 4.69) is 5.32 Å². The molecular formula is C15H30N2O2. The summed E-state index contributed by atoms with van der Waals surface area (Å²) < 4.78 is 5.34. The van der Waals surface area contributed by atoms with Gasteiger partial charge in [0, 0.05) is 13.6 Å². The summed E-state index contributed by atoms with van der Waals surface area (Å²) >= 11 is 0. The lowest BCUT2D eigenvalue weighted by molar-refractivity contribution is 0.0294. The number of nitrogens with one attached hydrogen (secondary N) is 1. The van der Waals surface area contributed by atoms with Crippen molar-refractivity contribution in [3.05, 3.63) is 0 Å². The zero-order chi connectivity index (χ0) is 14.3. The molecule has 1 aliphatic rings. The Morgan fingerprint density at radius 2 is 2.11 bits per heavy atom. The van der Waals surface area contributed by atoms with Gasteiger partial charge in [-0.05, 0) is 65.5 Å². The molecule has 0 aromatic carbocycles. The van der Waals surface area contributed by atoms with Gasteiger partial charge >= 0.3 is 6.09 Å². The maximum absolute atomic E-state index is 11.8. The van der Waals surface area contributed by atoms with Crippen LogP contribution in [0, 0.1) is 5.92 Å². The second-order valence-corrected chi connectivity index (χ2v) is 6.61. The van der Waals surface area contributed by atoms with E-state index in [1.807, 2.05) is 27.8 Å². The predicted octanol–water partition coefficient (Wildman–Crippen LogP) is 3.02. The number of ether oxygens (including phenoxy) is 1. The third-order valence-corrected chi connectivity index (χ3v) is 3.46. The highest BCUT2D eigenvalue weighted by atomic mass is 16.6. The lowest BCUT2D eigenvalue weighted by Gasteiger charge is -2.25. The van der Waals surface area contributed by atoms with E-state index >= 15 is 0 Å². The Morgan fingerprint density at radius 1 is 1.37 bits per heavy atom. The number of hydrogen-bond acceptors (Lipinski definition) is 3. The lowest BCUT2D eigenvalue weighted by Crippen LogP contribution is -2.35. The van der Waals surface area contributed by atoms with Crippen LogP contribution in [0.15, 0.2) is 0 Å². The zero-order valence-corrected chi connectivity index (χ0v) is 13.0. The summed E-state index contributed by atoms with van der Waals surface area (Å²) in [4.78, 5) is 13.5. The second kappa shape index (κ2) is 7.73. The molecule has 1 rings (SSSR count). The van der Waals surface area contributed by atoms with E-state index in [0.29, 0.717) is 0 Å². The van der Waals surface area contributed by atoms with Crippen molar-refractivity contribution in [1.29, 1.82) is 0 Å². The second-order valence-electron chi connectivity index (χ2n) is 6.61. The zero-order valence-electron chi connectivity index (χ0n) is 13.0. The van der Waals surface area contributed by atoms with Crippen LogP contribution < -0.4 is 5.32 Å². The molecule has 0 saturated carbocycles. The summed E-state index contributed by atoms with van der Waals surface area (Å²) in [7, 11) is 1.82. The molecule has 0 aromatic heterocycles. The Labute approximate surface area is 117 Å². The van der Waals surface area contributed by atoms with Gasteiger partial charge in [0.2, 0.25) is 0 Å². The van der Waals surface area contributed by atoms with E-state index in [-0.39, 0.29) is 6.09 Å². The lowest BCUT2D eigenvalue weighted by atomic mass is 9.98. The van der Waals surface area contributed by atoms with Crippen molar-refractivity contribution in [2.45, 2.75) is 58.5 Å². The van der Waals surface area contributed by atoms with Gasteiger partial charge in [0.1, 0.15) is 5.60 Å². The SMILES string of the molecule is CN(CCCC1CCCCNC1)C(=O)OC(C)(C)C. The molecule has 0 bridgehead atoms. The van der Waals surface area contributed by atoms with Gasteiger partial charge in [-0.2, -0.15) is 0 Å². The van der Waals surface area contributed by atoms with Crippen LogP contribution in [0.25, 0.3) is 0 Å². The quantitative estimate of drug-likeness (QED) is 0.853. The molecule has 1 aliphatic heterocycles. The van der Waals surface area contributed by atoms with E-state index in [0.717, 1.165) is 32.0 Å². The first-order valence-corrected chi connectivity index (χ1v) is 7.53. The fourth-order valence-electron chi connectivity index (χ4n) is 2.39. The highest BCUT2D eigenvalue weighted by Crippen LogP contribution is 2.17. The van der Waals surface area contributed by atoms with E-state index < -0.39 is 5.60 Å². The molecule has 4 nitrogen and oxygen atoms in total. The van der Waals surface area contributed by atoms with Gasteiger partial charge in [0.05, 0.1) is 0 Å². The van der Waals surface area contributed by atoms with Crippen molar-refractivity contribution in [3.8, 4) is 0 Å². The van der Waals surface area contributed by atoms with Crippen LogP contribution in [0.3, 0.4) is 0 Å². The minimum absolute atomic E-state index is 0.216. The van der Waals surface area contributed by atoms with Crippen LogP contribution in [0.1, 0.15) is 52.9 Å². The van der Waals surface area contributed by atoms with Crippen molar-refractivity contribution in [1.82, 2.24) is 10.2 Å². The first kappa shape index (κ1) is 16.3. The van der Waals surface area contributed by atoms with Crippen LogP contribution in [0.4, 0.5) is 4.79 Å². The van der Waals surface area contributed by atoms with Crippen LogP contribution in [0.2, 0.25) is 0 Å². The van der Waals surface area contributed by atoms with Gasteiger partial charge in [0.25, 0.3) is 0 Å². The van der Waals surface area contributed by atoms with E-state index in [4.69, 9.17) is 4.74 Å². The monoisotopic (exact) mass is 270 g/mol. The summed E-state index contributed by atoms with van der Waals surface area (Å²) in [5.74, 6) is 0.773. The Balaban J connectivity index is 2.18. The smallest absolute Gasteiger partial charge is 0.410 e. The van der Waals surface area contributed by atoms with Crippen LogP contribution in [0.5, 0.6) is 0 Å². The standard InChI is InChI=1S/C15H30N2O2/c1-15(2,3)19-14(18)17(4)11-7-9-13-8-5-6-10-16-12-13/h13,16H,5-12H2,1-4H3. The average Bonchev–Trinajstić information content (AvgIpc) is 2.55. The van der Waals surface area contributed by atoms with E-state index in [9.17, 15) is 4.79 Å². The molecule has 1 saturated heterocycles. The fourth-order valence-corrected chi connectivity index (χ4v) is 2.39. The third kappa shape index (κ3) is 7.41. The molecule has 1 fully saturated rings. The van der Waals surface area contributed by atoms with Crippen molar-refractivity contribution in [2.75, 3.05) is 26.7 Å². The van der Waals surface area contributed by atoms with Crippen LogP contribution >= 0.6 is 0 Å². The summed E-state index contributed by atoms with van der Waals surface area (Å²) in [6.45, 7) is 8.78. The maximum Gasteiger partial charge on any atom is 0.410 e. The molecule has 1 unspecified atom stereocenters. The number of hydrogen-bond donors (Lipinski definition) is 1. The summed E-state index contributed by atoms with van der Waals surface area (Å²) in [6.07, 6.45) is 5.99. The van der Waals surface area contributed by atoms with Crippen molar-refractivity contribution in [3.63, 3.8) is 0 Å². The van der Waals surface area contributed by atoms with Crippen molar-refractivity contribution in [2.24, 2.45) is 5.92 Å². The van der Waals surface area contributed by atoms with Gasteiger partial charge in [-0.1, -0.05) is 6.42 Å². The fraction of sp³-hybridized carbons (Fsp3) is 0.933. The van der Waals surface area contributed by atoms with Crippen LogP contribution in [-0.2, 0) is 4.74 Å². The molecule has 1 N–H and O–H groups in total. The summed E-state index contributed by atoms with van der Waals surface area (Å²) in [5.41, 5.74) is -0.406. The molecule has 4 heteroatoms. The molecular weight excluding hydrogens is 240 g/mol. The van der Waals surface area contributed by atoms with Gasteiger partial charge in [-0.3, -0.25) is 0 Å². The highest BCUT2D eigenvalue weighted by molar-refractivity contribution is 5.67. The number of nitrogens with zero attached hydrogens (tertiary/aromatic N) is 1. The Hall–Kier alpha value is -0.770.